The lowest BCUT2D eigenvalue weighted by Gasteiger charge is -2.24. The van der Waals surface area contributed by atoms with Gasteiger partial charge in [-0.2, -0.15) is 5.10 Å². The van der Waals surface area contributed by atoms with Crippen LogP contribution in [0.15, 0.2) is 90.0 Å². The minimum atomic E-state index is 0.0453. The summed E-state index contributed by atoms with van der Waals surface area (Å²) in [5.41, 5.74) is 4.12. The van der Waals surface area contributed by atoms with Crippen molar-refractivity contribution in [2.75, 3.05) is 5.32 Å². The molecule has 4 rings (SSSR count). The van der Waals surface area contributed by atoms with Gasteiger partial charge in [0.25, 0.3) is 0 Å². The van der Waals surface area contributed by atoms with E-state index in [-0.39, 0.29) is 6.04 Å². The third-order valence-corrected chi connectivity index (χ3v) is 5.01. The van der Waals surface area contributed by atoms with Crippen LogP contribution in [0.4, 0.5) is 5.69 Å². The molecule has 0 amide bonds. The Morgan fingerprint density at radius 2 is 1.67 bits per heavy atom. The van der Waals surface area contributed by atoms with Gasteiger partial charge in [-0.25, -0.2) is 5.01 Å². The Morgan fingerprint density at radius 1 is 0.963 bits per heavy atom. The zero-order chi connectivity index (χ0) is 18.6. The maximum Gasteiger partial charge on any atom is 0.194 e. The van der Waals surface area contributed by atoms with Crippen molar-refractivity contribution in [2.45, 2.75) is 12.5 Å². The second kappa shape index (κ2) is 7.91. The number of benzene rings is 3. The molecule has 0 spiro atoms. The molecule has 1 aliphatic rings. The fourth-order valence-corrected chi connectivity index (χ4v) is 3.65. The third-order valence-electron chi connectivity index (χ3n) is 4.49. The van der Waals surface area contributed by atoms with E-state index in [4.69, 9.17) is 28.9 Å². The Kier molecular flexibility index (Phi) is 5.19. The molecule has 1 atom stereocenters. The summed E-state index contributed by atoms with van der Waals surface area (Å²) in [6.07, 6.45) is 0.765. The molecule has 0 aromatic heterocycles. The second-order valence-electron chi connectivity index (χ2n) is 6.33. The fraction of sp³-hybridized carbons (Fsp3) is 0.0909. The van der Waals surface area contributed by atoms with Crippen LogP contribution >= 0.6 is 23.8 Å². The zero-order valence-corrected chi connectivity index (χ0v) is 16.1. The molecule has 3 aromatic rings. The quantitative estimate of drug-likeness (QED) is 0.564. The summed E-state index contributed by atoms with van der Waals surface area (Å²) < 4.78 is 0. The predicted molar refractivity (Wildman–Crippen MR) is 116 cm³/mol. The summed E-state index contributed by atoms with van der Waals surface area (Å²) in [6, 6.07) is 28.1. The van der Waals surface area contributed by atoms with E-state index < -0.39 is 0 Å². The number of hydrogen-bond donors (Lipinski definition) is 1. The van der Waals surface area contributed by atoms with E-state index in [9.17, 15) is 0 Å². The predicted octanol–water partition coefficient (Wildman–Crippen LogP) is 5.89. The molecule has 1 N–H and O–H groups in total. The number of para-hydroxylation sites is 1. The second-order valence-corrected chi connectivity index (χ2v) is 7.15. The van der Waals surface area contributed by atoms with Gasteiger partial charge < -0.3 is 5.32 Å². The van der Waals surface area contributed by atoms with Crippen LogP contribution in [0.25, 0.3) is 0 Å². The summed E-state index contributed by atoms with van der Waals surface area (Å²) in [5.74, 6) is 0. The lowest BCUT2D eigenvalue weighted by atomic mass is 9.99. The first-order valence-corrected chi connectivity index (χ1v) is 9.53. The van der Waals surface area contributed by atoms with Crippen molar-refractivity contribution < 1.29 is 0 Å². The SMILES string of the molecule is S=C(Nc1ccccc1)N1N=C(c2cccc(Cl)c2)C[C@@H]1c1ccccc1. The Morgan fingerprint density at radius 3 is 2.37 bits per heavy atom. The van der Waals surface area contributed by atoms with Crippen molar-refractivity contribution in [1.29, 1.82) is 0 Å². The molecule has 0 unspecified atom stereocenters. The smallest absolute Gasteiger partial charge is 0.194 e. The van der Waals surface area contributed by atoms with Crippen molar-refractivity contribution in [3.63, 3.8) is 0 Å². The lowest BCUT2D eigenvalue weighted by molar-refractivity contribution is 0.375. The molecule has 0 radical (unpaired) electrons. The number of nitrogens with zero attached hydrogens (tertiary/aromatic N) is 2. The normalized spacial score (nSPS) is 16.1. The molecule has 0 bridgehead atoms. The van der Waals surface area contributed by atoms with Crippen LogP contribution in [-0.4, -0.2) is 15.8 Å². The third kappa shape index (κ3) is 4.02. The number of hydrazone groups is 1. The molecule has 3 aromatic carbocycles. The maximum atomic E-state index is 6.18. The maximum absolute atomic E-state index is 6.18. The van der Waals surface area contributed by atoms with Gasteiger partial charge in [-0.3, -0.25) is 0 Å². The molecule has 5 heteroatoms. The van der Waals surface area contributed by atoms with Gasteiger partial charge in [-0.05, 0) is 47.6 Å². The average molecular weight is 392 g/mol. The monoisotopic (exact) mass is 391 g/mol. The molecule has 0 saturated heterocycles. The van der Waals surface area contributed by atoms with Crippen LogP contribution in [0.1, 0.15) is 23.6 Å². The van der Waals surface area contributed by atoms with E-state index in [1.807, 2.05) is 77.8 Å². The van der Waals surface area contributed by atoms with Crippen LogP contribution in [0.5, 0.6) is 0 Å². The van der Waals surface area contributed by atoms with Gasteiger partial charge in [0.15, 0.2) is 5.11 Å². The van der Waals surface area contributed by atoms with Crippen molar-refractivity contribution in [3.05, 3.63) is 101 Å². The summed E-state index contributed by atoms with van der Waals surface area (Å²) >= 11 is 11.9. The van der Waals surface area contributed by atoms with Crippen molar-refractivity contribution in [1.82, 2.24) is 5.01 Å². The molecule has 0 fully saturated rings. The van der Waals surface area contributed by atoms with Gasteiger partial charge in [-0.15, -0.1) is 0 Å². The standard InChI is InChI=1S/C22H18ClN3S/c23-18-11-7-10-17(14-18)20-15-21(16-8-3-1-4-9-16)26(25-20)22(27)24-19-12-5-2-6-13-19/h1-14,21H,15H2,(H,24,27)/t21-/m1/s1. The molecule has 27 heavy (non-hydrogen) atoms. The molecule has 1 heterocycles. The number of hydrogen-bond acceptors (Lipinski definition) is 2. The van der Waals surface area contributed by atoms with E-state index in [0.29, 0.717) is 10.1 Å². The fourth-order valence-electron chi connectivity index (χ4n) is 3.18. The average Bonchev–Trinajstić information content (AvgIpc) is 3.15. The molecular formula is C22H18ClN3S. The number of anilines is 1. The van der Waals surface area contributed by atoms with E-state index >= 15 is 0 Å². The van der Waals surface area contributed by atoms with Crippen LogP contribution in [0, 0.1) is 0 Å². The molecule has 1 aliphatic heterocycles. The highest BCUT2D eigenvalue weighted by Gasteiger charge is 2.31. The van der Waals surface area contributed by atoms with E-state index in [0.717, 1.165) is 23.4 Å². The van der Waals surface area contributed by atoms with Crippen molar-refractivity contribution in [2.24, 2.45) is 5.10 Å². The van der Waals surface area contributed by atoms with E-state index in [2.05, 4.69) is 17.4 Å². The summed E-state index contributed by atoms with van der Waals surface area (Å²) in [6.45, 7) is 0. The molecule has 3 nitrogen and oxygen atoms in total. The van der Waals surface area contributed by atoms with Crippen LogP contribution < -0.4 is 5.32 Å². The van der Waals surface area contributed by atoms with Gasteiger partial charge in [0.05, 0.1) is 11.8 Å². The Hall–Kier alpha value is -2.69. The highest BCUT2D eigenvalue weighted by atomic mass is 35.5. The largest absolute Gasteiger partial charge is 0.331 e. The Bertz CT molecular complexity index is 973. The summed E-state index contributed by atoms with van der Waals surface area (Å²) in [4.78, 5) is 0. The number of nitrogens with one attached hydrogen (secondary N) is 1. The Balaban J connectivity index is 1.66. The van der Waals surface area contributed by atoms with Gasteiger partial charge in [-0.1, -0.05) is 72.3 Å². The van der Waals surface area contributed by atoms with E-state index in [1.165, 1.54) is 5.56 Å². The van der Waals surface area contributed by atoms with Gasteiger partial charge in [0.2, 0.25) is 0 Å². The molecule has 134 valence electrons. The molecule has 0 saturated carbocycles. The summed E-state index contributed by atoms with van der Waals surface area (Å²) in [5, 5.41) is 11.3. The van der Waals surface area contributed by atoms with E-state index in [1.54, 1.807) is 0 Å². The highest BCUT2D eigenvalue weighted by Crippen LogP contribution is 2.33. The minimum Gasteiger partial charge on any atom is -0.331 e. The lowest BCUT2D eigenvalue weighted by Crippen LogP contribution is -2.31. The first-order chi connectivity index (χ1) is 13.2. The van der Waals surface area contributed by atoms with Crippen LogP contribution in [0.3, 0.4) is 0 Å². The highest BCUT2D eigenvalue weighted by molar-refractivity contribution is 7.80. The van der Waals surface area contributed by atoms with Crippen LogP contribution in [0.2, 0.25) is 5.02 Å². The zero-order valence-electron chi connectivity index (χ0n) is 14.5. The van der Waals surface area contributed by atoms with Gasteiger partial charge >= 0.3 is 0 Å². The van der Waals surface area contributed by atoms with Crippen molar-refractivity contribution in [3.8, 4) is 0 Å². The number of thiocarbonyl (C=S) groups is 1. The van der Waals surface area contributed by atoms with Crippen LogP contribution in [-0.2, 0) is 0 Å². The minimum absolute atomic E-state index is 0.0453. The summed E-state index contributed by atoms with van der Waals surface area (Å²) in [7, 11) is 0. The molecule has 0 aliphatic carbocycles. The number of halogens is 1. The van der Waals surface area contributed by atoms with Gasteiger partial charge in [0.1, 0.15) is 0 Å². The first kappa shape index (κ1) is 17.7. The van der Waals surface area contributed by atoms with Crippen molar-refractivity contribution >= 4 is 40.3 Å². The first-order valence-electron chi connectivity index (χ1n) is 8.74. The molecular weight excluding hydrogens is 374 g/mol. The van der Waals surface area contributed by atoms with Gasteiger partial charge in [0, 0.05) is 17.1 Å². The number of rotatable bonds is 3. The topological polar surface area (TPSA) is 27.6 Å². The Labute approximate surface area is 169 Å².